The molecular weight excluding hydrogens is 278 g/mol. The first-order chi connectivity index (χ1) is 9.49. The Bertz CT molecular complexity index is 653. The number of halogens is 2. The third-order valence-corrected chi connectivity index (χ3v) is 3.92. The second-order valence-electron chi connectivity index (χ2n) is 4.58. The molecule has 0 atom stereocenters. The Balaban J connectivity index is 2.15. The molecule has 0 saturated carbocycles. The first-order valence-corrected chi connectivity index (χ1v) is 7.15. The van der Waals surface area contributed by atoms with Gasteiger partial charge in [0.05, 0.1) is 11.3 Å². The highest BCUT2D eigenvalue weighted by Crippen LogP contribution is 2.23. The van der Waals surface area contributed by atoms with Crippen molar-refractivity contribution in [3.63, 3.8) is 0 Å². The molecule has 0 heterocycles. The Morgan fingerprint density at radius 2 is 1.90 bits per heavy atom. The number of carbonyl (C=O) groups is 1. The van der Waals surface area contributed by atoms with Gasteiger partial charge < -0.3 is 0 Å². The molecule has 0 amide bonds. The third-order valence-electron chi connectivity index (χ3n) is 2.92. The van der Waals surface area contributed by atoms with E-state index in [0.717, 1.165) is 16.5 Å². The first kappa shape index (κ1) is 14.7. The van der Waals surface area contributed by atoms with E-state index in [1.54, 1.807) is 0 Å². The normalized spacial score (nSPS) is 10.6. The van der Waals surface area contributed by atoms with E-state index in [0.29, 0.717) is 0 Å². The molecule has 0 bridgehead atoms. The molecule has 0 unspecified atom stereocenters. The number of thioether (sulfide) groups is 1. The highest BCUT2D eigenvalue weighted by atomic mass is 32.2. The van der Waals surface area contributed by atoms with E-state index >= 15 is 0 Å². The highest BCUT2D eigenvalue weighted by Gasteiger charge is 2.19. The van der Waals surface area contributed by atoms with Gasteiger partial charge in [-0.3, -0.25) is 4.79 Å². The Labute approximate surface area is 121 Å². The first-order valence-electron chi connectivity index (χ1n) is 6.16. The van der Waals surface area contributed by atoms with Crippen molar-refractivity contribution in [2.45, 2.75) is 18.7 Å². The van der Waals surface area contributed by atoms with E-state index in [9.17, 15) is 13.6 Å². The molecule has 20 heavy (non-hydrogen) atoms. The summed E-state index contributed by atoms with van der Waals surface area (Å²) < 4.78 is 27.4. The van der Waals surface area contributed by atoms with E-state index < -0.39 is 23.0 Å². The standard InChI is InChI=1S/C16H14F2OS/c1-10-4-3-5-12(8-10)20-9-14(19)15-13(17)7-6-11(2)16(15)18/h3-8H,9H2,1-2H3. The van der Waals surface area contributed by atoms with Gasteiger partial charge >= 0.3 is 0 Å². The fourth-order valence-electron chi connectivity index (χ4n) is 1.84. The molecular formula is C16H14F2OS. The zero-order valence-electron chi connectivity index (χ0n) is 11.2. The number of hydrogen-bond acceptors (Lipinski definition) is 2. The minimum Gasteiger partial charge on any atom is -0.293 e. The number of Topliss-reactive ketones (excluding diaryl/α,β-unsaturated/α-hetero) is 1. The maximum absolute atomic E-state index is 13.8. The van der Waals surface area contributed by atoms with Gasteiger partial charge in [0.15, 0.2) is 5.78 Å². The van der Waals surface area contributed by atoms with Crippen LogP contribution in [0.2, 0.25) is 0 Å². The van der Waals surface area contributed by atoms with Crippen molar-refractivity contribution in [3.05, 3.63) is 64.7 Å². The van der Waals surface area contributed by atoms with Gasteiger partial charge in [0.25, 0.3) is 0 Å². The van der Waals surface area contributed by atoms with E-state index in [1.165, 1.54) is 24.8 Å². The fraction of sp³-hybridized carbons (Fsp3) is 0.188. The average molecular weight is 292 g/mol. The summed E-state index contributed by atoms with van der Waals surface area (Å²) in [4.78, 5) is 12.9. The van der Waals surface area contributed by atoms with Crippen LogP contribution < -0.4 is 0 Å². The lowest BCUT2D eigenvalue weighted by atomic mass is 10.1. The Hall–Kier alpha value is -1.68. The van der Waals surface area contributed by atoms with Crippen LogP contribution in [0.25, 0.3) is 0 Å². The van der Waals surface area contributed by atoms with Crippen LogP contribution >= 0.6 is 11.8 Å². The van der Waals surface area contributed by atoms with Gasteiger partial charge in [-0.15, -0.1) is 11.8 Å². The Morgan fingerprint density at radius 3 is 2.60 bits per heavy atom. The van der Waals surface area contributed by atoms with Crippen molar-refractivity contribution < 1.29 is 13.6 Å². The van der Waals surface area contributed by atoms with Gasteiger partial charge in [-0.2, -0.15) is 0 Å². The van der Waals surface area contributed by atoms with Gasteiger partial charge in [0, 0.05) is 4.90 Å². The lowest BCUT2D eigenvalue weighted by Crippen LogP contribution is -2.09. The zero-order chi connectivity index (χ0) is 14.7. The molecule has 0 saturated heterocycles. The molecule has 0 spiro atoms. The van der Waals surface area contributed by atoms with Gasteiger partial charge in [0.2, 0.25) is 0 Å². The van der Waals surface area contributed by atoms with Crippen LogP contribution in [0.3, 0.4) is 0 Å². The predicted molar refractivity (Wildman–Crippen MR) is 77.3 cm³/mol. The van der Waals surface area contributed by atoms with E-state index in [2.05, 4.69) is 0 Å². The minimum atomic E-state index is -0.803. The molecule has 4 heteroatoms. The summed E-state index contributed by atoms with van der Waals surface area (Å²) in [6, 6.07) is 10.1. The van der Waals surface area contributed by atoms with Crippen LogP contribution in [0.15, 0.2) is 41.3 Å². The zero-order valence-corrected chi connectivity index (χ0v) is 12.1. The summed E-state index contributed by atoms with van der Waals surface area (Å²) in [6.07, 6.45) is 0. The van der Waals surface area contributed by atoms with E-state index in [4.69, 9.17) is 0 Å². The molecule has 0 aliphatic rings. The molecule has 0 aliphatic heterocycles. The van der Waals surface area contributed by atoms with Crippen LogP contribution in [0, 0.1) is 25.5 Å². The van der Waals surface area contributed by atoms with Crippen LogP contribution in [0.4, 0.5) is 8.78 Å². The van der Waals surface area contributed by atoms with Gasteiger partial charge in [-0.1, -0.05) is 23.8 Å². The molecule has 2 aromatic rings. The molecule has 0 aromatic heterocycles. The maximum Gasteiger partial charge on any atom is 0.178 e. The van der Waals surface area contributed by atoms with Gasteiger partial charge in [-0.05, 0) is 37.6 Å². The maximum atomic E-state index is 13.8. The molecule has 2 aromatic carbocycles. The summed E-state index contributed by atoms with van der Waals surface area (Å²) >= 11 is 1.28. The van der Waals surface area contributed by atoms with Crippen molar-refractivity contribution in [2.24, 2.45) is 0 Å². The number of rotatable bonds is 4. The van der Waals surface area contributed by atoms with Crippen LogP contribution in [0.5, 0.6) is 0 Å². The summed E-state index contributed by atoms with van der Waals surface area (Å²) in [5.74, 6) is -2.08. The smallest absolute Gasteiger partial charge is 0.178 e. The van der Waals surface area contributed by atoms with Crippen molar-refractivity contribution in [1.82, 2.24) is 0 Å². The molecule has 104 valence electrons. The van der Waals surface area contributed by atoms with Crippen LogP contribution in [-0.4, -0.2) is 11.5 Å². The van der Waals surface area contributed by atoms with E-state index in [1.807, 2.05) is 31.2 Å². The lowest BCUT2D eigenvalue weighted by molar-refractivity contribution is 0.101. The van der Waals surface area contributed by atoms with Gasteiger partial charge in [-0.25, -0.2) is 8.78 Å². The molecule has 0 radical (unpaired) electrons. The molecule has 0 N–H and O–H groups in total. The Kier molecular flexibility index (Phi) is 4.55. The predicted octanol–water partition coefficient (Wildman–Crippen LogP) is 4.56. The highest BCUT2D eigenvalue weighted by molar-refractivity contribution is 8.00. The summed E-state index contributed by atoms with van der Waals surface area (Å²) in [7, 11) is 0. The van der Waals surface area contributed by atoms with Crippen LogP contribution in [-0.2, 0) is 0 Å². The van der Waals surface area contributed by atoms with Crippen molar-refractivity contribution >= 4 is 17.5 Å². The van der Waals surface area contributed by atoms with Crippen LogP contribution in [0.1, 0.15) is 21.5 Å². The SMILES string of the molecule is Cc1cccc(SCC(=O)c2c(F)ccc(C)c2F)c1. The summed E-state index contributed by atoms with van der Waals surface area (Å²) in [5.41, 5.74) is 0.913. The lowest BCUT2D eigenvalue weighted by Gasteiger charge is -2.07. The second-order valence-corrected chi connectivity index (χ2v) is 5.63. The molecule has 0 fully saturated rings. The molecule has 2 rings (SSSR count). The summed E-state index contributed by atoms with van der Waals surface area (Å²) in [6.45, 7) is 3.46. The largest absolute Gasteiger partial charge is 0.293 e. The number of aryl methyl sites for hydroxylation is 2. The monoisotopic (exact) mass is 292 g/mol. The number of benzene rings is 2. The van der Waals surface area contributed by atoms with E-state index in [-0.39, 0.29) is 11.3 Å². The molecule has 1 nitrogen and oxygen atoms in total. The van der Waals surface area contributed by atoms with Crippen molar-refractivity contribution in [2.75, 3.05) is 5.75 Å². The Morgan fingerprint density at radius 1 is 1.15 bits per heavy atom. The minimum absolute atomic E-state index is 0.0146. The third kappa shape index (κ3) is 3.25. The average Bonchev–Trinajstić information content (AvgIpc) is 2.41. The quantitative estimate of drug-likeness (QED) is 0.607. The summed E-state index contributed by atoms with van der Waals surface area (Å²) in [5, 5.41) is 0. The van der Waals surface area contributed by atoms with Crippen molar-refractivity contribution in [3.8, 4) is 0 Å². The topological polar surface area (TPSA) is 17.1 Å². The van der Waals surface area contributed by atoms with Gasteiger partial charge in [0.1, 0.15) is 11.6 Å². The fourth-order valence-corrected chi connectivity index (χ4v) is 2.72. The number of hydrogen-bond donors (Lipinski definition) is 0. The number of carbonyl (C=O) groups excluding carboxylic acids is 1. The second kappa shape index (κ2) is 6.18. The van der Waals surface area contributed by atoms with Crippen molar-refractivity contribution in [1.29, 1.82) is 0 Å². The molecule has 0 aliphatic carbocycles. The number of ketones is 1.